The van der Waals surface area contributed by atoms with Crippen molar-refractivity contribution in [2.24, 2.45) is 4.99 Å². The summed E-state index contributed by atoms with van der Waals surface area (Å²) >= 11 is 1.70. The Morgan fingerprint density at radius 3 is 2.62 bits per heavy atom. The van der Waals surface area contributed by atoms with E-state index < -0.39 is 0 Å². The molecular formula is C22H22N2OS. The van der Waals surface area contributed by atoms with Gasteiger partial charge in [0.2, 0.25) is 0 Å². The maximum Gasteiger partial charge on any atom is 0.254 e. The SMILES string of the molecule is O=C(c1ccc(-c2ccsc2)cc1)N(C1CC1)C1CCC2=C(C=NC2)C1. The summed E-state index contributed by atoms with van der Waals surface area (Å²) < 4.78 is 0. The molecule has 1 fully saturated rings. The number of hydrogen-bond donors (Lipinski definition) is 0. The van der Waals surface area contributed by atoms with E-state index in [1.807, 2.05) is 18.3 Å². The van der Waals surface area contributed by atoms with Crippen LogP contribution in [0.5, 0.6) is 0 Å². The van der Waals surface area contributed by atoms with Gasteiger partial charge in [-0.15, -0.1) is 0 Å². The van der Waals surface area contributed by atoms with Gasteiger partial charge in [-0.2, -0.15) is 11.3 Å². The van der Waals surface area contributed by atoms with Crippen molar-refractivity contribution in [3.63, 3.8) is 0 Å². The molecule has 26 heavy (non-hydrogen) atoms. The topological polar surface area (TPSA) is 32.7 Å². The summed E-state index contributed by atoms with van der Waals surface area (Å²) in [6.45, 7) is 0.878. The Morgan fingerprint density at radius 2 is 1.88 bits per heavy atom. The molecule has 0 spiro atoms. The van der Waals surface area contributed by atoms with Gasteiger partial charge in [-0.05, 0) is 83.3 Å². The first-order valence-electron chi connectivity index (χ1n) is 9.45. The smallest absolute Gasteiger partial charge is 0.254 e. The fraction of sp³-hybridized carbons (Fsp3) is 0.364. The number of benzene rings is 1. The number of nitrogens with zero attached hydrogens (tertiary/aromatic N) is 2. The minimum atomic E-state index is 0.202. The summed E-state index contributed by atoms with van der Waals surface area (Å²) in [4.78, 5) is 19.9. The van der Waals surface area contributed by atoms with Crippen LogP contribution in [0.2, 0.25) is 0 Å². The Balaban J connectivity index is 1.38. The zero-order valence-electron chi connectivity index (χ0n) is 14.7. The molecule has 1 aromatic heterocycles. The van der Waals surface area contributed by atoms with Crippen LogP contribution in [-0.2, 0) is 0 Å². The first-order valence-corrected chi connectivity index (χ1v) is 10.4. The fourth-order valence-corrected chi connectivity index (χ4v) is 4.86. The fourth-order valence-electron chi connectivity index (χ4n) is 4.20. The van der Waals surface area contributed by atoms with Crippen molar-refractivity contribution < 1.29 is 4.79 Å². The molecule has 0 radical (unpaired) electrons. The van der Waals surface area contributed by atoms with Gasteiger partial charge in [0.15, 0.2) is 0 Å². The predicted octanol–water partition coefficient (Wildman–Crippen LogP) is 4.95. The van der Waals surface area contributed by atoms with E-state index in [-0.39, 0.29) is 5.91 Å². The first kappa shape index (κ1) is 16.0. The lowest BCUT2D eigenvalue weighted by Gasteiger charge is -2.35. The summed E-state index contributed by atoms with van der Waals surface area (Å²) in [6.07, 6.45) is 7.48. The van der Waals surface area contributed by atoms with Gasteiger partial charge in [0.05, 0.1) is 6.54 Å². The van der Waals surface area contributed by atoms with E-state index in [0.29, 0.717) is 12.1 Å². The first-order chi connectivity index (χ1) is 12.8. The van der Waals surface area contributed by atoms with Gasteiger partial charge in [-0.25, -0.2) is 0 Å². The summed E-state index contributed by atoms with van der Waals surface area (Å²) in [5.74, 6) is 0.202. The molecule has 2 aromatic rings. The maximum absolute atomic E-state index is 13.3. The van der Waals surface area contributed by atoms with Gasteiger partial charge in [0, 0.05) is 23.9 Å². The van der Waals surface area contributed by atoms with Crippen LogP contribution in [0.15, 0.2) is 57.2 Å². The number of rotatable bonds is 4. The molecule has 1 atom stereocenters. The van der Waals surface area contributed by atoms with Crippen LogP contribution < -0.4 is 0 Å². The van der Waals surface area contributed by atoms with Crippen LogP contribution in [0.4, 0.5) is 0 Å². The van der Waals surface area contributed by atoms with Crippen molar-refractivity contribution in [2.75, 3.05) is 6.54 Å². The van der Waals surface area contributed by atoms with Crippen molar-refractivity contribution in [3.05, 3.63) is 57.8 Å². The second-order valence-corrected chi connectivity index (χ2v) is 8.31. The van der Waals surface area contributed by atoms with Crippen molar-refractivity contribution >= 4 is 23.5 Å². The zero-order chi connectivity index (χ0) is 17.5. The Bertz CT molecular complexity index is 875. The average Bonchev–Trinajstić information content (AvgIpc) is 3.17. The van der Waals surface area contributed by atoms with Crippen molar-refractivity contribution in [1.82, 2.24) is 4.90 Å². The van der Waals surface area contributed by atoms with Gasteiger partial charge in [-0.3, -0.25) is 9.79 Å². The molecule has 1 saturated carbocycles. The standard InChI is InChI=1S/C22H22N2OS/c25-22(16-3-1-15(2-4-16)18-9-10-26-14-18)24(20-7-8-20)21-6-5-17-12-23-13-19(17)11-21/h1-4,9-10,13-14,20-21H,5-8,11-12H2. The predicted molar refractivity (Wildman–Crippen MR) is 107 cm³/mol. The molecule has 0 saturated heterocycles. The molecule has 1 aromatic carbocycles. The molecule has 3 nitrogen and oxygen atoms in total. The third kappa shape index (κ3) is 2.92. The molecule has 1 aliphatic heterocycles. The van der Waals surface area contributed by atoms with Crippen LogP contribution in [0.1, 0.15) is 42.5 Å². The summed E-state index contributed by atoms with van der Waals surface area (Å²) in [5, 5.41) is 4.23. The Kier molecular flexibility index (Phi) is 4.01. The van der Waals surface area contributed by atoms with Crippen molar-refractivity contribution in [2.45, 2.75) is 44.2 Å². The minimum absolute atomic E-state index is 0.202. The van der Waals surface area contributed by atoms with Gasteiger partial charge in [-0.1, -0.05) is 12.1 Å². The van der Waals surface area contributed by atoms with E-state index in [1.165, 1.54) is 22.3 Å². The number of thiophene rings is 1. The van der Waals surface area contributed by atoms with E-state index in [9.17, 15) is 4.79 Å². The number of aliphatic imine (C=N–C) groups is 1. The highest BCUT2D eigenvalue weighted by molar-refractivity contribution is 7.08. The molecule has 2 aliphatic carbocycles. The van der Waals surface area contributed by atoms with E-state index in [0.717, 1.165) is 44.2 Å². The van der Waals surface area contributed by atoms with Gasteiger partial charge in [0.1, 0.15) is 0 Å². The van der Waals surface area contributed by atoms with E-state index in [1.54, 1.807) is 11.3 Å². The van der Waals surface area contributed by atoms with Crippen molar-refractivity contribution in [3.8, 4) is 11.1 Å². The van der Waals surface area contributed by atoms with Crippen LogP contribution in [0.25, 0.3) is 11.1 Å². The third-order valence-electron chi connectivity index (χ3n) is 5.77. The third-order valence-corrected chi connectivity index (χ3v) is 6.46. The van der Waals surface area contributed by atoms with Crippen LogP contribution in [-0.4, -0.2) is 35.7 Å². The minimum Gasteiger partial charge on any atom is -0.332 e. The highest BCUT2D eigenvalue weighted by Crippen LogP contribution is 2.37. The van der Waals surface area contributed by atoms with Crippen molar-refractivity contribution in [1.29, 1.82) is 0 Å². The van der Waals surface area contributed by atoms with Crippen LogP contribution in [0, 0.1) is 0 Å². The van der Waals surface area contributed by atoms with Gasteiger partial charge in [0.25, 0.3) is 5.91 Å². The normalized spacial score (nSPS) is 21.8. The molecule has 3 aliphatic rings. The number of carbonyl (C=O) groups is 1. The molecule has 1 unspecified atom stereocenters. The molecule has 2 heterocycles. The Morgan fingerprint density at radius 1 is 1.04 bits per heavy atom. The van der Waals surface area contributed by atoms with Crippen LogP contribution >= 0.6 is 11.3 Å². The van der Waals surface area contributed by atoms with Gasteiger partial charge >= 0.3 is 0 Å². The lowest BCUT2D eigenvalue weighted by Crippen LogP contribution is -2.43. The van der Waals surface area contributed by atoms with Crippen LogP contribution in [0.3, 0.4) is 0 Å². The molecule has 4 heteroatoms. The number of amides is 1. The molecule has 5 rings (SSSR count). The lowest BCUT2D eigenvalue weighted by molar-refractivity contribution is 0.0645. The quantitative estimate of drug-likeness (QED) is 0.757. The summed E-state index contributed by atoms with van der Waals surface area (Å²) in [6, 6.07) is 11.0. The largest absolute Gasteiger partial charge is 0.332 e. The maximum atomic E-state index is 13.3. The summed E-state index contributed by atoms with van der Waals surface area (Å²) in [7, 11) is 0. The number of carbonyl (C=O) groups excluding carboxylic acids is 1. The highest BCUT2D eigenvalue weighted by atomic mass is 32.1. The molecule has 0 N–H and O–H groups in total. The highest BCUT2D eigenvalue weighted by Gasteiger charge is 2.39. The van der Waals surface area contributed by atoms with E-state index >= 15 is 0 Å². The summed E-state index contributed by atoms with van der Waals surface area (Å²) in [5.41, 5.74) is 6.09. The van der Waals surface area contributed by atoms with Gasteiger partial charge < -0.3 is 4.90 Å². The average molecular weight is 362 g/mol. The lowest BCUT2D eigenvalue weighted by atomic mass is 9.88. The Labute approximate surface area is 158 Å². The number of hydrogen-bond acceptors (Lipinski definition) is 3. The zero-order valence-corrected chi connectivity index (χ0v) is 15.5. The molecule has 0 bridgehead atoms. The second-order valence-electron chi connectivity index (χ2n) is 7.53. The van der Waals surface area contributed by atoms with E-state index in [2.05, 4.69) is 38.9 Å². The molecule has 1 amide bonds. The second kappa shape index (κ2) is 6.51. The molecule has 132 valence electrons. The molecular weight excluding hydrogens is 340 g/mol. The monoisotopic (exact) mass is 362 g/mol. The van der Waals surface area contributed by atoms with E-state index in [4.69, 9.17) is 0 Å². The Hall–Kier alpha value is -2.20.